The average molecular weight is 390 g/mol. The number of benzene rings is 1. The van der Waals surface area contributed by atoms with Crippen molar-refractivity contribution in [3.05, 3.63) is 60.6 Å². The highest BCUT2D eigenvalue weighted by molar-refractivity contribution is 5.57. The number of hydrogen-bond acceptors (Lipinski definition) is 6. The lowest BCUT2D eigenvalue weighted by Gasteiger charge is -2.34. The number of pyridine rings is 1. The molecule has 1 fully saturated rings. The van der Waals surface area contributed by atoms with E-state index in [1.807, 2.05) is 24.3 Å². The Morgan fingerprint density at radius 2 is 1.76 bits per heavy atom. The standard InChI is InChI=1S/C23H27N5O/c1-3-18-16-22(27-23(26-18)17-8-12-24-13-9-17)25-19-10-14-28(15-11-19)20-4-6-21(29-2)7-5-20/h4-9,12-13,16,19H,3,10-11,14-15H2,1-2H3,(H,25,26,27). The van der Waals surface area contributed by atoms with Crippen LogP contribution in [0.5, 0.6) is 5.75 Å². The number of ether oxygens (including phenoxy) is 1. The van der Waals surface area contributed by atoms with Gasteiger partial charge < -0.3 is 15.0 Å². The van der Waals surface area contributed by atoms with Crippen molar-refractivity contribution in [2.75, 3.05) is 30.4 Å². The summed E-state index contributed by atoms with van der Waals surface area (Å²) >= 11 is 0. The van der Waals surface area contributed by atoms with E-state index in [-0.39, 0.29) is 0 Å². The molecule has 1 aliphatic rings. The third kappa shape index (κ3) is 4.65. The highest BCUT2D eigenvalue weighted by atomic mass is 16.5. The number of piperidine rings is 1. The van der Waals surface area contributed by atoms with Crippen molar-refractivity contribution in [1.82, 2.24) is 15.0 Å². The Morgan fingerprint density at radius 3 is 2.41 bits per heavy atom. The first-order valence-corrected chi connectivity index (χ1v) is 10.2. The second kappa shape index (κ2) is 8.90. The number of hydrogen-bond donors (Lipinski definition) is 1. The monoisotopic (exact) mass is 389 g/mol. The molecule has 29 heavy (non-hydrogen) atoms. The quantitative estimate of drug-likeness (QED) is 0.682. The number of rotatable bonds is 6. The van der Waals surface area contributed by atoms with E-state index >= 15 is 0 Å². The van der Waals surface area contributed by atoms with Gasteiger partial charge in [0.2, 0.25) is 0 Å². The molecule has 0 spiro atoms. The molecule has 3 heterocycles. The lowest BCUT2D eigenvalue weighted by Crippen LogP contribution is -2.39. The van der Waals surface area contributed by atoms with E-state index in [4.69, 9.17) is 9.72 Å². The molecule has 2 aromatic heterocycles. The molecule has 0 unspecified atom stereocenters. The average Bonchev–Trinajstić information content (AvgIpc) is 2.80. The van der Waals surface area contributed by atoms with Crippen LogP contribution in [0.2, 0.25) is 0 Å². The normalized spacial score (nSPS) is 14.6. The fourth-order valence-corrected chi connectivity index (χ4v) is 3.67. The maximum Gasteiger partial charge on any atom is 0.161 e. The molecule has 0 bridgehead atoms. The summed E-state index contributed by atoms with van der Waals surface area (Å²) in [7, 11) is 1.70. The van der Waals surface area contributed by atoms with Crippen LogP contribution in [0, 0.1) is 0 Å². The first kappa shape index (κ1) is 19.2. The number of anilines is 2. The SMILES string of the molecule is CCc1cc(NC2CCN(c3ccc(OC)cc3)CC2)nc(-c2ccncc2)n1. The van der Waals surface area contributed by atoms with Crippen molar-refractivity contribution in [3.63, 3.8) is 0 Å². The van der Waals surface area contributed by atoms with Crippen LogP contribution in [0.3, 0.4) is 0 Å². The van der Waals surface area contributed by atoms with E-state index in [2.05, 4.69) is 45.3 Å². The van der Waals surface area contributed by atoms with Gasteiger partial charge in [0.05, 0.1) is 7.11 Å². The highest BCUT2D eigenvalue weighted by Crippen LogP contribution is 2.25. The molecule has 1 N–H and O–H groups in total. The Kier molecular flexibility index (Phi) is 5.89. The fourth-order valence-electron chi connectivity index (χ4n) is 3.67. The van der Waals surface area contributed by atoms with Crippen LogP contribution in [0.25, 0.3) is 11.4 Å². The second-order valence-electron chi connectivity index (χ2n) is 7.26. The molecule has 150 valence electrons. The Balaban J connectivity index is 1.42. The van der Waals surface area contributed by atoms with E-state index in [1.54, 1.807) is 19.5 Å². The van der Waals surface area contributed by atoms with Crippen LogP contribution in [0.4, 0.5) is 11.5 Å². The van der Waals surface area contributed by atoms with E-state index < -0.39 is 0 Å². The Morgan fingerprint density at radius 1 is 1.03 bits per heavy atom. The lowest BCUT2D eigenvalue weighted by molar-refractivity contribution is 0.414. The minimum absolute atomic E-state index is 0.411. The number of methoxy groups -OCH3 is 1. The van der Waals surface area contributed by atoms with Crippen molar-refractivity contribution < 1.29 is 4.74 Å². The topological polar surface area (TPSA) is 63.2 Å². The van der Waals surface area contributed by atoms with Gasteiger partial charge in [0.1, 0.15) is 11.6 Å². The molecule has 0 saturated carbocycles. The number of aryl methyl sites for hydroxylation is 1. The molecule has 6 nitrogen and oxygen atoms in total. The number of nitrogens with zero attached hydrogens (tertiary/aromatic N) is 4. The maximum atomic E-state index is 5.26. The Hall–Kier alpha value is -3.15. The van der Waals surface area contributed by atoms with Crippen LogP contribution < -0.4 is 15.0 Å². The molecular weight excluding hydrogens is 362 g/mol. The van der Waals surface area contributed by atoms with Gasteiger partial charge in [-0.15, -0.1) is 0 Å². The summed E-state index contributed by atoms with van der Waals surface area (Å²) in [6.45, 7) is 4.16. The van der Waals surface area contributed by atoms with Crippen molar-refractivity contribution >= 4 is 11.5 Å². The van der Waals surface area contributed by atoms with Crippen molar-refractivity contribution in [1.29, 1.82) is 0 Å². The minimum Gasteiger partial charge on any atom is -0.497 e. The molecule has 4 rings (SSSR count). The first-order chi connectivity index (χ1) is 14.2. The van der Waals surface area contributed by atoms with Gasteiger partial charge in [-0.2, -0.15) is 0 Å². The molecule has 6 heteroatoms. The largest absolute Gasteiger partial charge is 0.497 e. The van der Waals surface area contributed by atoms with Gasteiger partial charge in [0.25, 0.3) is 0 Å². The van der Waals surface area contributed by atoms with Gasteiger partial charge in [0, 0.05) is 54.5 Å². The summed E-state index contributed by atoms with van der Waals surface area (Å²) in [5, 5.41) is 3.64. The Labute approximate surface area is 172 Å². The van der Waals surface area contributed by atoms with Gasteiger partial charge >= 0.3 is 0 Å². The lowest BCUT2D eigenvalue weighted by atomic mass is 10.0. The number of aromatic nitrogens is 3. The van der Waals surface area contributed by atoms with E-state index in [9.17, 15) is 0 Å². The van der Waals surface area contributed by atoms with Crippen LogP contribution in [0.1, 0.15) is 25.5 Å². The highest BCUT2D eigenvalue weighted by Gasteiger charge is 2.20. The predicted octanol–water partition coefficient (Wildman–Crippen LogP) is 4.19. The predicted molar refractivity (Wildman–Crippen MR) is 116 cm³/mol. The molecule has 3 aromatic rings. The van der Waals surface area contributed by atoms with E-state index in [1.165, 1.54) is 5.69 Å². The van der Waals surface area contributed by atoms with E-state index in [0.717, 1.165) is 61.0 Å². The van der Waals surface area contributed by atoms with Gasteiger partial charge in [-0.3, -0.25) is 4.98 Å². The molecule has 0 atom stereocenters. The maximum absolute atomic E-state index is 5.26. The van der Waals surface area contributed by atoms with Gasteiger partial charge in [0.15, 0.2) is 5.82 Å². The zero-order valence-electron chi connectivity index (χ0n) is 17.0. The zero-order chi connectivity index (χ0) is 20.1. The van der Waals surface area contributed by atoms with Crippen LogP contribution >= 0.6 is 0 Å². The smallest absolute Gasteiger partial charge is 0.161 e. The Bertz CT molecular complexity index is 922. The third-order valence-corrected chi connectivity index (χ3v) is 5.36. The summed E-state index contributed by atoms with van der Waals surface area (Å²) in [6, 6.07) is 14.7. The first-order valence-electron chi connectivity index (χ1n) is 10.2. The summed E-state index contributed by atoms with van der Waals surface area (Å²) in [5.41, 5.74) is 3.29. The number of nitrogens with one attached hydrogen (secondary N) is 1. The van der Waals surface area contributed by atoms with Crippen molar-refractivity contribution in [2.24, 2.45) is 0 Å². The van der Waals surface area contributed by atoms with Crippen molar-refractivity contribution in [3.8, 4) is 17.1 Å². The summed E-state index contributed by atoms with van der Waals surface area (Å²) < 4.78 is 5.26. The van der Waals surface area contributed by atoms with Gasteiger partial charge in [-0.1, -0.05) is 6.92 Å². The van der Waals surface area contributed by atoms with Gasteiger partial charge in [-0.05, 0) is 55.7 Å². The summed E-state index contributed by atoms with van der Waals surface area (Å²) in [6.07, 6.45) is 6.58. The zero-order valence-corrected chi connectivity index (χ0v) is 17.0. The van der Waals surface area contributed by atoms with Crippen LogP contribution in [0.15, 0.2) is 54.9 Å². The summed E-state index contributed by atoms with van der Waals surface area (Å²) in [4.78, 5) is 16.0. The van der Waals surface area contributed by atoms with Crippen LogP contribution in [-0.2, 0) is 6.42 Å². The molecule has 1 aliphatic heterocycles. The van der Waals surface area contributed by atoms with E-state index in [0.29, 0.717) is 6.04 Å². The second-order valence-corrected chi connectivity index (χ2v) is 7.26. The molecule has 0 radical (unpaired) electrons. The fraction of sp³-hybridized carbons (Fsp3) is 0.348. The summed E-state index contributed by atoms with van der Waals surface area (Å²) in [5.74, 6) is 2.56. The third-order valence-electron chi connectivity index (χ3n) is 5.36. The van der Waals surface area contributed by atoms with Crippen molar-refractivity contribution in [2.45, 2.75) is 32.2 Å². The molecule has 0 aliphatic carbocycles. The molecule has 1 saturated heterocycles. The minimum atomic E-state index is 0.411. The molecule has 1 aromatic carbocycles. The molecule has 0 amide bonds. The molecular formula is C23H27N5O. The van der Waals surface area contributed by atoms with Crippen LogP contribution in [-0.4, -0.2) is 41.2 Å². The van der Waals surface area contributed by atoms with Gasteiger partial charge in [-0.25, -0.2) is 9.97 Å².